The van der Waals surface area contributed by atoms with Crippen LogP contribution in [0, 0.1) is 0 Å². The van der Waals surface area contributed by atoms with Crippen LogP contribution in [-0.2, 0) is 19.7 Å². The summed E-state index contributed by atoms with van der Waals surface area (Å²) in [6, 6.07) is 14.5. The number of rotatable bonds is 4. The molecule has 2 aromatic rings. The van der Waals surface area contributed by atoms with Gasteiger partial charge in [0.2, 0.25) is 5.91 Å². The second-order valence-corrected chi connectivity index (χ2v) is 5.84. The molecule has 0 radical (unpaired) electrons. The fraction of sp³-hybridized carbons (Fsp3) is 0.158. The van der Waals surface area contributed by atoms with Crippen LogP contribution < -0.4 is 5.32 Å². The Morgan fingerprint density at radius 1 is 1.25 bits per heavy atom. The van der Waals surface area contributed by atoms with Crippen LogP contribution in [0.2, 0.25) is 5.02 Å². The van der Waals surface area contributed by atoms with Crippen molar-refractivity contribution in [3.63, 3.8) is 0 Å². The molecule has 1 aliphatic rings. The van der Waals surface area contributed by atoms with Crippen LogP contribution >= 0.6 is 11.6 Å². The molecule has 0 spiro atoms. The van der Waals surface area contributed by atoms with Gasteiger partial charge < -0.3 is 10.1 Å². The Labute approximate surface area is 145 Å². The quantitative estimate of drug-likeness (QED) is 0.681. The lowest BCUT2D eigenvalue weighted by atomic mass is 9.75. The second-order valence-electron chi connectivity index (χ2n) is 5.40. The predicted molar refractivity (Wildman–Crippen MR) is 93.1 cm³/mol. The highest BCUT2D eigenvalue weighted by atomic mass is 35.5. The number of carbonyl (C=O) groups excluding carboxylic acids is 2. The van der Waals surface area contributed by atoms with Gasteiger partial charge in [-0.05, 0) is 30.7 Å². The number of benzene rings is 2. The minimum Gasteiger partial charge on any atom is -0.463 e. The fourth-order valence-corrected chi connectivity index (χ4v) is 3.10. The van der Waals surface area contributed by atoms with E-state index in [0.717, 1.165) is 5.56 Å². The largest absolute Gasteiger partial charge is 0.463 e. The number of carbonyl (C=O) groups is 2. The van der Waals surface area contributed by atoms with Crippen LogP contribution in [0.15, 0.2) is 60.7 Å². The van der Waals surface area contributed by atoms with Gasteiger partial charge in [-0.2, -0.15) is 0 Å². The van der Waals surface area contributed by atoms with E-state index in [2.05, 4.69) is 5.32 Å². The lowest BCUT2D eigenvalue weighted by molar-refractivity contribution is -0.137. The van der Waals surface area contributed by atoms with Gasteiger partial charge >= 0.3 is 5.97 Å². The number of halogens is 1. The van der Waals surface area contributed by atoms with Gasteiger partial charge in [-0.25, -0.2) is 4.79 Å². The maximum Gasteiger partial charge on any atom is 0.330 e. The van der Waals surface area contributed by atoms with Crippen molar-refractivity contribution in [2.75, 3.05) is 11.9 Å². The highest BCUT2D eigenvalue weighted by Gasteiger charge is 2.46. The molecule has 4 nitrogen and oxygen atoms in total. The van der Waals surface area contributed by atoms with Gasteiger partial charge in [0, 0.05) is 22.3 Å². The van der Waals surface area contributed by atoms with Crippen molar-refractivity contribution in [1.29, 1.82) is 0 Å². The maximum atomic E-state index is 12.9. The van der Waals surface area contributed by atoms with Gasteiger partial charge in [0.25, 0.3) is 0 Å². The van der Waals surface area contributed by atoms with Crippen molar-refractivity contribution in [3.8, 4) is 0 Å². The minimum absolute atomic E-state index is 0.230. The average molecular weight is 342 g/mol. The van der Waals surface area contributed by atoms with Gasteiger partial charge in [0.1, 0.15) is 5.41 Å². The Morgan fingerprint density at radius 2 is 2.00 bits per heavy atom. The zero-order valence-electron chi connectivity index (χ0n) is 13.1. The van der Waals surface area contributed by atoms with Crippen LogP contribution in [-0.4, -0.2) is 18.5 Å². The summed E-state index contributed by atoms with van der Waals surface area (Å²) in [7, 11) is 0. The van der Waals surface area contributed by atoms with E-state index in [1.165, 1.54) is 6.08 Å². The molecule has 0 aromatic heterocycles. The number of fused-ring (bicyclic) bond motifs is 1. The van der Waals surface area contributed by atoms with E-state index in [0.29, 0.717) is 16.3 Å². The van der Waals surface area contributed by atoms with E-state index in [4.69, 9.17) is 16.3 Å². The van der Waals surface area contributed by atoms with Crippen molar-refractivity contribution in [1.82, 2.24) is 0 Å². The Hall–Kier alpha value is -2.59. The average Bonchev–Trinajstić information content (AvgIpc) is 2.86. The summed E-state index contributed by atoms with van der Waals surface area (Å²) in [5.41, 5.74) is 1.03. The first kappa shape index (κ1) is 16.3. The third-order valence-electron chi connectivity index (χ3n) is 4.00. The molecule has 0 bridgehead atoms. The van der Waals surface area contributed by atoms with Gasteiger partial charge in [-0.15, -0.1) is 0 Å². The van der Waals surface area contributed by atoms with Crippen molar-refractivity contribution in [3.05, 3.63) is 76.8 Å². The number of amides is 1. The maximum absolute atomic E-state index is 12.9. The Bertz CT molecular complexity index is 817. The molecular formula is C19H16ClNO3. The minimum atomic E-state index is -1.12. The zero-order chi connectivity index (χ0) is 17.2. The molecule has 3 rings (SSSR count). The third-order valence-corrected chi connectivity index (χ3v) is 4.23. The van der Waals surface area contributed by atoms with E-state index in [9.17, 15) is 9.59 Å². The lowest BCUT2D eigenvalue weighted by Crippen LogP contribution is -2.34. The number of anilines is 1. The molecule has 0 saturated heterocycles. The van der Waals surface area contributed by atoms with Crippen LogP contribution in [0.5, 0.6) is 0 Å². The van der Waals surface area contributed by atoms with Gasteiger partial charge in [-0.3, -0.25) is 4.79 Å². The van der Waals surface area contributed by atoms with Gasteiger partial charge in [0.15, 0.2) is 0 Å². The summed E-state index contributed by atoms with van der Waals surface area (Å²) < 4.78 is 4.95. The Kier molecular flexibility index (Phi) is 4.40. The van der Waals surface area contributed by atoms with E-state index in [1.807, 2.05) is 30.3 Å². The summed E-state index contributed by atoms with van der Waals surface area (Å²) in [4.78, 5) is 24.7. The van der Waals surface area contributed by atoms with Crippen molar-refractivity contribution < 1.29 is 14.3 Å². The zero-order valence-corrected chi connectivity index (χ0v) is 13.8. The number of hydrogen-bond donors (Lipinski definition) is 1. The van der Waals surface area contributed by atoms with Crippen molar-refractivity contribution in [2.45, 2.75) is 12.3 Å². The van der Waals surface area contributed by atoms with Gasteiger partial charge in [-0.1, -0.05) is 48.0 Å². The first-order valence-corrected chi connectivity index (χ1v) is 7.98. The topological polar surface area (TPSA) is 55.4 Å². The van der Waals surface area contributed by atoms with E-state index in [-0.39, 0.29) is 12.5 Å². The Morgan fingerprint density at radius 3 is 2.71 bits per heavy atom. The van der Waals surface area contributed by atoms with Crippen LogP contribution in [0.25, 0.3) is 0 Å². The van der Waals surface area contributed by atoms with Crippen LogP contribution in [0.4, 0.5) is 5.69 Å². The molecule has 1 unspecified atom stereocenters. The molecule has 1 aliphatic heterocycles. The summed E-state index contributed by atoms with van der Waals surface area (Å²) in [5, 5.41) is 3.39. The molecule has 1 N–H and O–H groups in total. The molecule has 5 heteroatoms. The smallest absolute Gasteiger partial charge is 0.330 e. The number of hydrogen-bond acceptors (Lipinski definition) is 3. The van der Waals surface area contributed by atoms with Crippen LogP contribution in [0.3, 0.4) is 0 Å². The normalized spacial score (nSPS) is 19.2. The molecule has 1 amide bonds. The molecule has 24 heavy (non-hydrogen) atoms. The molecule has 0 fully saturated rings. The first-order valence-electron chi connectivity index (χ1n) is 7.61. The number of esters is 1. The summed E-state index contributed by atoms with van der Waals surface area (Å²) >= 11 is 6.14. The van der Waals surface area contributed by atoms with Crippen molar-refractivity contribution >= 4 is 29.2 Å². The van der Waals surface area contributed by atoms with E-state index < -0.39 is 11.4 Å². The molecular weight excluding hydrogens is 326 g/mol. The SMILES string of the molecule is CCOC(=O)/C=C/C1(c2ccccc2)C(=O)Nc2ccc(Cl)cc21. The monoisotopic (exact) mass is 341 g/mol. The predicted octanol–water partition coefficient (Wildman–Crippen LogP) is 3.70. The summed E-state index contributed by atoms with van der Waals surface area (Å²) in [6.45, 7) is 2.01. The molecule has 1 atom stereocenters. The molecule has 0 saturated carbocycles. The number of ether oxygens (including phenoxy) is 1. The second kappa shape index (κ2) is 6.49. The number of nitrogens with one attached hydrogen (secondary N) is 1. The standard InChI is InChI=1S/C19H16ClNO3/c1-2-24-17(22)10-11-19(13-6-4-3-5-7-13)15-12-14(20)8-9-16(15)21-18(19)23/h3-12H,2H2,1H3,(H,21,23)/b11-10+. The fourth-order valence-electron chi connectivity index (χ4n) is 2.93. The Balaban J connectivity index is 2.19. The van der Waals surface area contributed by atoms with Crippen molar-refractivity contribution in [2.24, 2.45) is 0 Å². The summed E-state index contributed by atoms with van der Waals surface area (Å²) in [6.07, 6.45) is 2.88. The highest BCUT2D eigenvalue weighted by molar-refractivity contribution is 6.31. The highest BCUT2D eigenvalue weighted by Crippen LogP contribution is 2.45. The molecule has 1 heterocycles. The van der Waals surface area contributed by atoms with E-state index >= 15 is 0 Å². The lowest BCUT2D eigenvalue weighted by Gasteiger charge is -2.24. The molecule has 122 valence electrons. The van der Waals surface area contributed by atoms with Gasteiger partial charge in [0.05, 0.1) is 6.61 Å². The summed E-state index contributed by atoms with van der Waals surface area (Å²) in [5.74, 6) is -0.720. The molecule has 0 aliphatic carbocycles. The first-order chi connectivity index (χ1) is 11.6. The third kappa shape index (κ3) is 2.69. The van der Waals surface area contributed by atoms with E-state index in [1.54, 1.807) is 31.2 Å². The van der Waals surface area contributed by atoms with Crippen LogP contribution in [0.1, 0.15) is 18.1 Å². The molecule has 2 aromatic carbocycles.